The number of rotatable bonds is 3. The van der Waals surface area contributed by atoms with Crippen LogP contribution in [0.2, 0.25) is 0 Å². The molecule has 0 aromatic heterocycles. The molecule has 0 radical (unpaired) electrons. The highest BCUT2D eigenvalue weighted by molar-refractivity contribution is 5.88. The van der Waals surface area contributed by atoms with Crippen LogP contribution in [0.25, 0.3) is 0 Å². The van der Waals surface area contributed by atoms with Crippen LogP contribution in [0.15, 0.2) is 30.3 Å². The fraction of sp³-hybridized carbons (Fsp3) is 0.579. The Labute approximate surface area is 161 Å². The van der Waals surface area contributed by atoms with E-state index in [2.05, 4.69) is 0 Å². The summed E-state index contributed by atoms with van der Waals surface area (Å²) in [6.45, 7) is 5.33. The molecule has 2 N–H and O–H groups in total. The number of hydrogen-bond donors (Lipinski definition) is 1. The summed E-state index contributed by atoms with van der Waals surface area (Å²) >= 11 is 0. The maximum Gasteiger partial charge on any atom is 0.246 e. The van der Waals surface area contributed by atoms with Crippen molar-refractivity contribution in [2.45, 2.75) is 25.3 Å². The topological polar surface area (TPSA) is 75.9 Å². The van der Waals surface area contributed by atoms with Gasteiger partial charge in [-0.1, -0.05) is 30.3 Å². The summed E-state index contributed by atoms with van der Waals surface area (Å²) in [5, 5.41) is 0. The van der Waals surface area contributed by atoms with E-state index in [1.807, 2.05) is 35.2 Å². The SMILES string of the molecule is CC(N)(C(=O)N1CCCC(C(=O)N2CCOCC2)C1)c1ccccc1.Cl. The number of halogens is 1. The first kappa shape index (κ1) is 20.7. The van der Waals surface area contributed by atoms with Gasteiger partial charge in [-0.15, -0.1) is 12.4 Å². The number of nitrogens with zero attached hydrogens (tertiary/aromatic N) is 2. The lowest BCUT2D eigenvalue weighted by molar-refractivity contribution is -0.145. The van der Waals surface area contributed by atoms with Gasteiger partial charge in [-0.2, -0.15) is 0 Å². The summed E-state index contributed by atoms with van der Waals surface area (Å²) in [6, 6.07) is 9.42. The van der Waals surface area contributed by atoms with E-state index in [0.717, 1.165) is 18.4 Å². The molecular weight excluding hydrogens is 354 g/mol. The lowest BCUT2D eigenvalue weighted by atomic mass is 9.89. The predicted molar refractivity (Wildman–Crippen MR) is 102 cm³/mol. The van der Waals surface area contributed by atoms with Crippen molar-refractivity contribution in [3.8, 4) is 0 Å². The molecule has 7 heteroatoms. The molecule has 144 valence electrons. The second-order valence-electron chi connectivity index (χ2n) is 7.10. The maximum absolute atomic E-state index is 13.0. The molecule has 0 saturated carbocycles. The lowest BCUT2D eigenvalue weighted by Crippen LogP contribution is -2.55. The zero-order valence-corrected chi connectivity index (χ0v) is 16.0. The molecule has 1 aromatic rings. The molecule has 2 aliphatic rings. The Hall–Kier alpha value is -1.63. The van der Waals surface area contributed by atoms with E-state index in [0.29, 0.717) is 39.4 Å². The number of morpholine rings is 1. The molecule has 6 nitrogen and oxygen atoms in total. The molecule has 2 amide bonds. The van der Waals surface area contributed by atoms with Crippen molar-refractivity contribution in [1.29, 1.82) is 0 Å². The quantitative estimate of drug-likeness (QED) is 0.858. The van der Waals surface area contributed by atoms with E-state index in [1.165, 1.54) is 0 Å². The fourth-order valence-electron chi connectivity index (χ4n) is 3.64. The summed E-state index contributed by atoms with van der Waals surface area (Å²) in [4.78, 5) is 29.4. The van der Waals surface area contributed by atoms with Crippen molar-refractivity contribution in [3.63, 3.8) is 0 Å². The Morgan fingerprint density at radius 2 is 1.77 bits per heavy atom. The van der Waals surface area contributed by atoms with Gasteiger partial charge >= 0.3 is 0 Å². The Morgan fingerprint density at radius 1 is 1.12 bits per heavy atom. The van der Waals surface area contributed by atoms with Crippen molar-refractivity contribution in [2.75, 3.05) is 39.4 Å². The lowest BCUT2D eigenvalue weighted by Gasteiger charge is -2.39. The van der Waals surface area contributed by atoms with Gasteiger partial charge in [0, 0.05) is 26.2 Å². The molecule has 2 aliphatic heterocycles. The number of carbonyl (C=O) groups excluding carboxylic acids is 2. The standard InChI is InChI=1S/C19H27N3O3.ClH/c1-19(20,16-7-3-2-4-8-16)18(24)22-9-5-6-15(14-22)17(23)21-10-12-25-13-11-21;/h2-4,7-8,15H,5-6,9-14,20H2,1H3;1H. The average molecular weight is 382 g/mol. The van der Waals surface area contributed by atoms with Gasteiger partial charge in [-0.25, -0.2) is 0 Å². The van der Waals surface area contributed by atoms with E-state index in [-0.39, 0.29) is 30.1 Å². The van der Waals surface area contributed by atoms with Crippen LogP contribution in [0.1, 0.15) is 25.3 Å². The second-order valence-corrected chi connectivity index (χ2v) is 7.10. The van der Waals surface area contributed by atoms with Gasteiger partial charge in [-0.3, -0.25) is 9.59 Å². The summed E-state index contributed by atoms with van der Waals surface area (Å²) in [5.74, 6) is -0.111. The molecule has 2 heterocycles. The zero-order valence-electron chi connectivity index (χ0n) is 15.2. The van der Waals surface area contributed by atoms with Crippen molar-refractivity contribution in [2.24, 2.45) is 11.7 Å². The molecule has 0 spiro atoms. The molecular formula is C19H28ClN3O3. The third-order valence-electron chi connectivity index (χ3n) is 5.20. The van der Waals surface area contributed by atoms with Crippen LogP contribution in [0, 0.1) is 5.92 Å². The van der Waals surface area contributed by atoms with Gasteiger partial charge in [0.25, 0.3) is 0 Å². The number of ether oxygens (including phenoxy) is 1. The molecule has 2 atom stereocenters. The van der Waals surface area contributed by atoms with Crippen molar-refractivity contribution in [3.05, 3.63) is 35.9 Å². The predicted octanol–water partition coefficient (Wildman–Crippen LogP) is 1.38. The number of likely N-dealkylation sites (tertiary alicyclic amines) is 1. The van der Waals surface area contributed by atoms with Crippen molar-refractivity contribution in [1.82, 2.24) is 9.80 Å². The van der Waals surface area contributed by atoms with Gasteiger partial charge < -0.3 is 20.3 Å². The first-order chi connectivity index (χ1) is 12.0. The van der Waals surface area contributed by atoms with E-state index < -0.39 is 5.54 Å². The highest BCUT2D eigenvalue weighted by atomic mass is 35.5. The van der Waals surface area contributed by atoms with Gasteiger partial charge in [0.1, 0.15) is 5.54 Å². The highest BCUT2D eigenvalue weighted by Crippen LogP contribution is 2.25. The molecule has 0 bridgehead atoms. The first-order valence-electron chi connectivity index (χ1n) is 9.00. The minimum atomic E-state index is -1.08. The first-order valence-corrected chi connectivity index (χ1v) is 9.00. The molecule has 2 unspecified atom stereocenters. The van der Waals surface area contributed by atoms with E-state index >= 15 is 0 Å². The number of hydrogen-bond acceptors (Lipinski definition) is 4. The maximum atomic E-state index is 13.0. The van der Waals surface area contributed by atoms with Gasteiger partial charge in [0.05, 0.1) is 19.1 Å². The molecule has 1 aromatic carbocycles. The monoisotopic (exact) mass is 381 g/mol. The van der Waals surface area contributed by atoms with Crippen molar-refractivity contribution >= 4 is 24.2 Å². The molecule has 0 aliphatic carbocycles. The number of carbonyl (C=O) groups is 2. The average Bonchev–Trinajstić information content (AvgIpc) is 2.68. The normalized spacial score (nSPS) is 22.9. The van der Waals surface area contributed by atoms with Gasteiger partial charge in [-0.05, 0) is 25.3 Å². The van der Waals surface area contributed by atoms with Gasteiger partial charge in [0.15, 0.2) is 0 Å². The molecule has 3 rings (SSSR count). The minimum Gasteiger partial charge on any atom is -0.378 e. The number of benzene rings is 1. The van der Waals surface area contributed by atoms with Crippen molar-refractivity contribution < 1.29 is 14.3 Å². The van der Waals surface area contributed by atoms with Crippen LogP contribution in [-0.4, -0.2) is 61.0 Å². The third kappa shape index (κ3) is 4.37. The van der Waals surface area contributed by atoms with E-state index in [1.54, 1.807) is 11.8 Å². The Balaban J connectivity index is 0.00000243. The minimum absolute atomic E-state index is 0. The van der Waals surface area contributed by atoms with Crippen LogP contribution >= 0.6 is 12.4 Å². The van der Waals surface area contributed by atoms with Crippen LogP contribution in [0.5, 0.6) is 0 Å². The smallest absolute Gasteiger partial charge is 0.246 e. The summed E-state index contributed by atoms with van der Waals surface area (Å²) in [6.07, 6.45) is 1.66. The Bertz CT molecular complexity index is 618. The Morgan fingerprint density at radius 3 is 2.42 bits per heavy atom. The van der Waals surface area contributed by atoms with Crippen LogP contribution < -0.4 is 5.73 Å². The van der Waals surface area contributed by atoms with E-state index in [9.17, 15) is 9.59 Å². The summed E-state index contributed by atoms with van der Waals surface area (Å²) in [7, 11) is 0. The Kier molecular flexibility index (Phi) is 7.03. The van der Waals surface area contributed by atoms with Gasteiger partial charge in [0.2, 0.25) is 11.8 Å². The number of nitrogens with two attached hydrogens (primary N) is 1. The second kappa shape index (κ2) is 8.84. The number of piperidine rings is 1. The molecule has 26 heavy (non-hydrogen) atoms. The fourth-order valence-corrected chi connectivity index (χ4v) is 3.64. The number of amides is 2. The van der Waals surface area contributed by atoms with Crippen LogP contribution in [0.4, 0.5) is 0 Å². The van der Waals surface area contributed by atoms with Crippen LogP contribution in [-0.2, 0) is 19.9 Å². The molecule has 2 saturated heterocycles. The molecule has 2 fully saturated rings. The van der Waals surface area contributed by atoms with Crippen LogP contribution in [0.3, 0.4) is 0 Å². The summed E-state index contributed by atoms with van der Waals surface area (Å²) in [5.41, 5.74) is 6.09. The third-order valence-corrected chi connectivity index (χ3v) is 5.20. The van der Waals surface area contributed by atoms with E-state index in [4.69, 9.17) is 10.5 Å². The highest BCUT2D eigenvalue weighted by Gasteiger charge is 2.38. The zero-order chi connectivity index (χ0) is 17.9. The summed E-state index contributed by atoms with van der Waals surface area (Å²) < 4.78 is 5.32. The largest absolute Gasteiger partial charge is 0.378 e.